The molecule has 5 heteroatoms. The minimum absolute atomic E-state index is 0.0618. The third-order valence-corrected chi connectivity index (χ3v) is 4.24. The molecule has 4 nitrogen and oxygen atoms in total. The molecule has 1 aromatic rings. The predicted octanol–water partition coefficient (Wildman–Crippen LogP) is 2.03. The normalized spacial score (nSPS) is 19.4. The van der Waals surface area contributed by atoms with Crippen LogP contribution in [0.15, 0.2) is 30.3 Å². The van der Waals surface area contributed by atoms with Crippen LogP contribution in [0.5, 0.6) is 0 Å². The molecule has 1 fully saturated rings. The topological polar surface area (TPSA) is 58.2 Å². The summed E-state index contributed by atoms with van der Waals surface area (Å²) >= 11 is 1.42. The Morgan fingerprint density at radius 2 is 2.11 bits per heavy atom. The molecule has 0 bridgehead atoms. The molecule has 1 atom stereocenters. The number of anilines is 1. The largest absolute Gasteiger partial charge is 0.355 e. The average Bonchev–Trinajstić information content (AvgIpc) is 2.62. The van der Waals surface area contributed by atoms with Crippen LogP contribution in [0.1, 0.15) is 19.3 Å². The van der Waals surface area contributed by atoms with Crippen LogP contribution in [0.25, 0.3) is 0 Å². The van der Waals surface area contributed by atoms with Gasteiger partial charge in [-0.25, -0.2) is 0 Å². The molecule has 0 unspecified atom stereocenters. The fourth-order valence-corrected chi connectivity index (χ4v) is 2.96. The Hall–Kier alpha value is -1.49. The van der Waals surface area contributed by atoms with E-state index in [-0.39, 0.29) is 17.1 Å². The zero-order chi connectivity index (χ0) is 13.5. The van der Waals surface area contributed by atoms with Gasteiger partial charge >= 0.3 is 0 Å². The molecule has 0 spiro atoms. The number of carbonyl (C=O) groups excluding carboxylic acids is 2. The lowest BCUT2D eigenvalue weighted by atomic mass is 10.2. The van der Waals surface area contributed by atoms with Crippen molar-refractivity contribution in [3.05, 3.63) is 30.3 Å². The van der Waals surface area contributed by atoms with Gasteiger partial charge in [0.1, 0.15) is 0 Å². The summed E-state index contributed by atoms with van der Waals surface area (Å²) in [5.41, 5.74) is 0.790. The van der Waals surface area contributed by atoms with Crippen molar-refractivity contribution in [3.63, 3.8) is 0 Å². The first-order chi connectivity index (χ1) is 9.25. The van der Waals surface area contributed by atoms with Crippen LogP contribution in [-0.2, 0) is 9.59 Å². The van der Waals surface area contributed by atoms with Crippen molar-refractivity contribution in [1.82, 2.24) is 5.32 Å². The molecule has 1 heterocycles. The third kappa shape index (κ3) is 4.59. The molecule has 1 aliphatic rings. The average molecular weight is 278 g/mol. The van der Waals surface area contributed by atoms with Crippen molar-refractivity contribution in [2.24, 2.45) is 0 Å². The first-order valence-electron chi connectivity index (χ1n) is 6.50. The van der Waals surface area contributed by atoms with Crippen molar-refractivity contribution in [3.8, 4) is 0 Å². The highest BCUT2D eigenvalue weighted by Crippen LogP contribution is 2.20. The highest BCUT2D eigenvalue weighted by atomic mass is 32.2. The van der Waals surface area contributed by atoms with E-state index in [0.29, 0.717) is 5.75 Å². The Kier molecular flexibility index (Phi) is 5.27. The number of carbonyl (C=O) groups is 2. The molecule has 2 rings (SSSR count). The number of nitrogens with one attached hydrogen (secondary N) is 2. The van der Waals surface area contributed by atoms with Crippen LogP contribution in [0.4, 0.5) is 5.69 Å². The standard InChI is InChI=1S/C14H18N2O2S/c17-13(16-11-6-2-1-3-7-11)10-19-12-8-4-5-9-15-14(12)18/h1-3,6-7,12H,4-5,8-10H2,(H,15,18)(H,16,17)/t12-/m1/s1. The lowest BCUT2D eigenvalue weighted by Crippen LogP contribution is -2.31. The summed E-state index contributed by atoms with van der Waals surface area (Å²) in [5.74, 6) is 0.315. The Balaban J connectivity index is 1.78. The highest BCUT2D eigenvalue weighted by Gasteiger charge is 2.21. The van der Waals surface area contributed by atoms with E-state index in [9.17, 15) is 9.59 Å². The van der Waals surface area contributed by atoms with Crippen LogP contribution < -0.4 is 10.6 Å². The Bertz CT molecular complexity index is 436. The van der Waals surface area contributed by atoms with Crippen molar-refractivity contribution in [2.75, 3.05) is 17.6 Å². The van der Waals surface area contributed by atoms with Gasteiger partial charge in [0.25, 0.3) is 0 Å². The van der Waals surface area contributed by atoms with E-state index in [1.807, 2.05) is 30.3 Å². The maximum absolute atomic E-state index is 11.8. The SMILES string of the molecule is O=C(CS[C@@H]1CCCCNC1=O)Nc1ccccc1. The molecule has 1 aliphatic heterocycles. The Morgan fingerprint density at radius 3 is 2.89 bits per heavy atom. The van der Waals surface area contributed by atoms with E-state index in [1.54, 1.807) is 0 Å². The van der Waals surface area contributed by atoms with E-state index in [4.69, 9.17) is 0 Å². The van der Waals surface area contributed by atoms with E-state index >= 15 is 0 Å². The molecule has 0 aliphatic carbocycles. The first kappa shape index (κ1) is 13.9. The van der Waals surface area contributed by atoms with E-state index in [2.05, 4.69) is 10.6 Å². The Labute approximate surface area is 117 Å². The van der Waals surface area contributed by atoms with Gasteiger partial charge in [0, 0.05) is 12.2 Å². The first-order valence-corrected chi connectivity index (χ1v) is 7.55. The smallest absolute Gasteiger partial charge is 0.234 e. The quantitative estimate of drug-likeness (QED) is 0.886. The van der Waals surface area contributed by atoms with Gasteiger partial charge < -0.3 is 10.6 Å². The van der Waals surface area contributed by atoms with Gasteiger partial charge in [0.15, 0.2) is 0 Å². The van der Waals surface area contributed by atoms with Gasteiger partial charge in [0.2, 0.25) is 11.8 Å². The fraction of sp³-hybridized carbons (Fsp3) is 0.429. The van der Waals surface area contributed by atoms with Gasteiger partial charge in [-0.2, -0.15) is 0 Å². The second-order valence-corrected chi connectivity index (χ2v) is 5.69. The maximum Gasteiger partial charge on any atom is 0.234 e. The zero-order valence-corrected chi connectivity index (χ0v) is 11.5. The Morgan fingerprint density at radius 1 is 1.32 bits per heavy atom. The molecule has 1 aromatic carbocycles. The minimum atomic E-state index is -0.0935. The summed E-state index contributed by atoms with van der Waals surface area (Å²) < 4.78 is 0. The number of rotatable bonds is 4. The number of thioether (sulfide) groups is 1. The number of amides is 2. The number of para-hydroxylation sites is 1. The van der Waals surface area contributed by atoms with Crippen LogP contribution in [0.3, 0.4) is 0 Å². The van der Waals surface area contributed by atoms with Crippen LogP contribution in [-0.4, -0.2) is 29.4 Å². The second-order valence-electron chi connectivity index (χ2n) is 4.50. The second kappa shape index (κ2) is 7.19. The molecule has 102 valence electrons. The third-order valence-electron chi connectivity index (χ3n) is 2.96. The molecule has 1 saturated heterocycles. The summed E-state index contributed by atoms with van der Waals surface area (Å²) in [5, 5.41) is 5.60. The molecule has 2 N–H and O–H groups in total. The van der Waals surface area contributed by atoms with Crippen molar-refractivity contribution >= 4 is 29.3 Å². The summed E-state index contributed by atoms with van der Waals surface area (Å²) in [6.07, 6.45) is 2.92. The van der Waals surface area contributed by atoms with Gasteiger partial charge in [-0.3, -0.25) is 9.59 Å². The monoisotopic (exact) mass is 278 g/mol. The van der Waals surface area contributed by atoms with Crippen LogP contribution in [0.2, 0.25) is 0 Å². The zero-order valence-electron chi connectivity index (χ0n) is 10.7. The van der Waals surface area contributed by atoms with Crippen molar-refractivity contribution in [2.45, 2.75) is 24.5 Å². The van der Waals surface area contributed by atoms with Gasteiger partial charge in [-0.05, 0) is 25.0 Å². The van der Waals surface area contributed by atoms with Gasteiger partial charge in [0.05, 0.1) is 11.0 Å². The summed E-state index contributed by atoms with van der Waals surface area (Å²) in [7, 11) is 0. The fourth-order valence-electron chi connectivity index (χ4n) is 1.97. The highest BCUT2D eigenvalue weighted by molar-refractivity contribution is 8.01. The summed E-state index contributed by atoms with van der Waals surface area (Å²) in [6, 6.07) is 9.35. The number of hydrogen-bond donors (Lipinski definition) is 2. The van der Waals surface area contributed by atoms with E-state index in [0.717, 1.165) is 31.5 Å². The lowest BCUT2D eigenvalue weighted by molar-refractivity contribution is -0.120. The van der Waals surface area contributed by atoms with Crippen molar-refractivity contribution < 1.29 is 9.59 Å². The van der Waals surface area contributed by atoms with Crippen molar-refractivity contribution in [1.29, 1.82) is 0 Å². The molecule has 19 heavy (non-hydrogen) atoms. The molecule has 2 amide bonds. The molecular formula is C14H18N2O2S. The predicted molar refractivity (Wildman–Crippen MR) is 78.2 cm³/mol. The lowest BCUT2D eigenvalue weighted by Gasteiger charge is -2.12. The molecule has 0 radical (unpaired) electrons. The minimum Gasteiger partial charge on any atom is -0.355 e. The van der Waals surface area contributed by atoms with E-state index in [1.165, 1.54) is 11.8 Å². The van der Waals surface area contributed by atoms with Crippen LogP contribution in [0, 0.1) is 0 Å². The summed E-state index contributed by atoms with van der Waals surface area (Å²) in [4.78, 5) is 23.5. The molecule has 0 aromatic heterocycles. The van der Waals surface area contributed by atoms with Crippen LogP contribution >= 0.6 is 11.8 Å². The van der Waals surface area contributed by atoms with Gasteiger partial charge in [-0.1, -0.05) is 24.6 Å². The molecule has 0 saturated carbocycles. The number of benzene rings is 1. The van der Waals surface area contributed by atoms with E-state index < -0.39 is 0 Å². The summed E-state index contributed by atoms with van der Waals surface area (Å²) in [6.45, 7) is 0.756. The van der Waals surface area contributed by atoms with Gasteiger partial charge in [-0.15, -0.1) is 11.8 Å². The maximum atomic E-state index is 11.8. The number of hydrogen-bond acceptors (Lipinski definition) is 3. The molecular weight excluding hydrogens is 260 g/mol.